The molecule has 0 aromatic heterocycles. The van der Waals surface area contributed by atoms with Gasteiger partial charge in [-0.1, -0.05) is 78.1 Å². The largest absolute Gasteiger partial charge is 0.212 e. The van der Waals surface area contributed by atoms with Gasteiger partial charge < -0.3 is 0 Å². The molecular formula is C22H46N2O4S2. The van der Waals surface area contributed by atoms with Gasteiger partial charge in [-0.05, 0) is 38.5 Å². The van der Waals surface area contributed by atoms with E-state index in [0.717, 1.165) is 25.7 Å². The molecule has 0 amide bonds. The lowest BCUT2D eigenvalue weighted by atomic mass is 9.92. The first kappa shape index (κ1) is 27.9. The minimum absolute atomic E-state index is 0.0607. The molecule has 0 radical (unpaired) electrons. The van der Waals surface area contributed by atoms with Gasteiger partial charge in [0, 0.05) is 12.1 Å². The maximum Gasteiger partial charge on any atom is 0.211 e. The molecule has 1 aliphatic carbocycles. The van der Waals surface area contributed by atoms with Gasteiger partial charge in [0.1, 0.15) is 0 Å². The van der Waals surface area contributed by atoms with Crippen LogP contribution in [-0.2, 0) is 20.0 Å². The van der Waals surface area contributed by atoms with Gasteiger partial charge >= 0.3 is 0 Å². The van der Waals surface area contributed by atoms with Crippen molar-refractivity contribution in [3.8, 4) is 0 Å². The molecule has 0 aliphatic heterocycles. The lowest BCUT2D eigenvalue weighted by molar-refractivity contribution is 0.355. The van der Waals surface area contributed by atoms with Gasteiger partial charge in [-0.15, -0.1) is 0 Å². The second-order valence-electron chi connectivity index (χ2n) is 8.96. The Hall–Kier alpha value is -0.180. The first-order valence-corrected chi connectivity index (χ1v) is 15.6. The summed E-state index contributed by atoms with van der Waals surface area (Å²) in [5.41, 5.74) is 0. The Kier molecular flexibility index (Phi) is 14.5. The van der Waals surface area contributed by atoms with Crippen LogP contribution in [0.2, 0.25) is 0 Å². The molecule has 0 unspecified atom stereocenters. The Labute approximate surface area is 186 Å². The molecule has 0 aromatic rings. The Morgan fingerprint density at radius 2 is 0.833 bits per heavy atom. The molecule has 8 heteroatoms. The molecule has 0 bridgehead atoms. The molecule has 1 fully saturated rings. The van der Waals surface area contributed by atoms with E-state index < -0.39 is 20.0 Å². The zero-order chi connectivity index (χ0) is 22.3. The lowest BCUT2D eigenvalue weighted by Gasteiger charge is -2.29. The fraction of sp³-hybridized carbons (Fsp3) is 1.00. The van der Waals surface area contributed by atoms with Gasteiger partial charge in [0.15, 0.2) is 0 Å². The molecule has 6 nitrogen and oxygen atoms in total. The molecule has 180 valence electrons. The maximum atomic E-state index is 12.3. The highest BCUT2D eigenvalue weighted by molar-refractivity contribution is 7.89. The smallest absolute Gasteiger partial charge is 0.211 e. The van der Waals surface area contributed by atoms with Crippen LogP contribution in [0.25, 0.3) is 0 Å². The topological polar surface area (TPSA) is 92.3 Å². The summed E-state index contributed by atoms with van der Waals surface area (Å²) in [4.78, 5) is 0. The van der Waals surface area contributed by atoms with Crippen LogP contribution < -0.4 is 9.44 Å². The highest BCUT2D eigenvalue weighted by Crippen LogP contribution is 2.20. The molecule has 0 atom stereocenters. The third-order valence-electron chi connectivity index (χ3n) is 5.95. The summed E-state index contributed by atoms with van der Waals surface area (Å²) in [6.45, 7) is 4.34. The van der Waals surface area contributed by atoms with Crippen LogP contribution in [0.1, 0.15) is 117 Å². The van der Waals surface area contributed by atoms with Crippen molar-refractivity contribution in [2.24, 2.45) is 0 Å². The van der Waals surface area contributed by atoms with Crippen molar-refractivity contribution in [2.75, 3.05) is 11.5 Å². The molecule has 1 saturated carbocycles. The first-order chi connectivity index (χ1) is 14.3. The fourth-order valence-electron chi connectivity index (χ4n) is 4.10. The van der Waals surface area contributed by atoms with E-state index in [0.29, 0.717) is 38.5 Å². The summed E-state index contributed by atoms with van der Waals surface area (Å²) < 4.78 is 54.8. The minimum Gasteiger partial charge on any atom is -0.212 e. The lowest BCUT2D eigenvalue weighted by Crippen LogP contribution is -2.44. The van der Waals surface area contributed by atoms with E-state index in [-0.39, 0.29) is 23.6 Å². The van der Waals surface area contributed by atoms with Gasteiger partial charge in [0.25, 0.3) is 0 Å². The van der Waals surface area contributed by atoms with E-state index in [4.69, 9.17) is 0 Å². The predicted octanol–water partition coefficient (Wildman–Crippen LogP) is 4.86. The Morgan fingerprint density at radius 3 is 1.17 bits per heavy atom. The average Bonchev–Trinajstić information content (AvgIpc) is 2.68. The first-order valence-electron chi connectivity index (χ1n) is 12.3. The van der Waals surface area contributed by atoms with Crippen molar-refractivity contribution in [3.05, 3.63) is 0 Å². The standard InChI is InChI=1S/C22H46N2O4S2/c1-3-5-7-9-11-13-19-29(25,26)23-21-15-17-22(18-16-21)24-30(27,28)20-14-12-10-8-6-4-2/h21-24H,3-20H2,1-2H3. The number of hydrogen-bond donors (Lipinski definition) is 2. The van der Waals surface area contributed by atoms with Crippen molar-refractivity contribution < 1.29 is 16.8 Å². The summed E-state index contributed by atoms with van der Waals surface area (Å²) in [6, 6.07) is -0.121. The molecule has 1 rings (SSSR count). The molecule has 0 spiro atoms. The summed E-state index contributed by atoms with van der Waals surface area (Å²) in [7, 11) is -6.47. The second kappa shape index (κ2) is 15.6. The fourth-order valence-corrected chi connectivity index (χ4v) is 6.99. The number of sulfonamides is 2. The molecule has 2 N–H and O–H groups in total. The third-order valence-corrected chi connectivity index (χ3v) is 8.99. The quantitative estimate of drug-likeness (QED) is 0.282. The van der Waals surface area contributed by atoms with Gasteiger partial charge in [-0.3, -0.25) is 0 Å². The van der Waals surface area contributed by atoms with Crippen LogP contribution >= 0.6 is 0 Å². The zero-order valence-corrected chi connectivity index (χ0v) is 21.0. The summed E-state index contributed by atoms with van der Waals surface area (Å²) in [6.07, 6.45) is 15.5. The van der Waals surface area contributed by atoms with Crippen LogP contribution in [0, 0.1) is 0 Å². The zero-order valence-electron chi connectivity index (χ0n) is 19.3. The van der Waals surface area contributed by atoms with Gasteiger partial charge in [-0.2, -0.15) is 0 Å². The average molecular weight is 467 g/mol. The van der Waals surface area contributed by atoms with Crippen LogP contribution in [0.3, 0.4) is 0 Å². The Bertz CT molecular complexity index is 572. The van der Waals surface area contributed by atoms with Crippen molar-refractivity contribution in [1.82, 2.24) is 9.44 Å². The van der Waals surface area contributed by atoms with E-state index >= 15 is 0 Å². The normalized spacial score (nSPS) is 20.5. The predicted molar refractivity (Wildman–Crippen MR) is 127 cm³/mol. The second-order valence-corrected chi connectivity index (χ2v) is 12.7. The van der Waals surface area contributed by atoms with Crippen LogP contribution in [0.4, 0.5) is 0 Å². The molecule has 0 heterocycles. The van der Waals surface area contributed by atoms with E-state index in [1.807, 2.05) is 0 Å². The van der Waals surface area contributed by atoms with Crippen molar-refractivity contribution in [1.29, 1.82) is 0 Å². The highest BCUT2D eigenvalue weighted by atomic mass is 32.2. The van der Waals surface area contributed by atoms with E-state index in [9.17, 15) is 16.8 Å². The van der Waals surface area contributed by atoms with Gasteiger partial charge in [0.2, 0.25) is 20.0 Å². The van der Waals surface area contributed by atoms with E-state index in [1.54, 1.807) is 0 Å². The summed E-state index contributed by atoms with van der Waals surface area (Å²) in [5.74, 6) is 0.397. The van der Waals surface area contributed by atoms with E-state index in [1.165, 1.54) is 38.5 Å². The van der Waals surface area contributed by atoms with Crippen LogP contribution in [-0.4, -0.2) is 40.4 Å². The maximum absolute atomic E-state index is 12.3. The van der Waals surface area contributed by atoms with Crippen molar-refractivity contribution in [3.63, 3.8) is 0 Å². The summed E-state index contributed by atoms with van der Waals surface area (Å²) in [5, 5.41) is 0. The molecule has 0 saturated heterocycles. The minimum atomic E-state index is -3.24. The highest BCUT2D eigenvalue weighted by Gasteiger charge is 2.27. The Balaban J connectivity index is 2.21. The number of unbranched alkanes of at least 4 members (excludes halogenated alkanes) is 10. The van der Waals surface area contributed by atoms with Crippen molar-refractivity contribution in [2.45, 2.75) is 129 Å². The van der Waals surface area contributed by atoms with E-state index in [2.05, 4.69) is 23.3 Å². The van der Waals surface area contributed by atoms with Crippen LogP contribution in [0.15, 0.2) is 0 Å². The number of hydrogen-bond acceptors (Lipinski definition) is 4. The number of rotatable bonds is 18. The summed E-state index contributed by atoms with van der Waals surface area (Å²) >= 11 is 0. The number of nitrogens with one attached hydrogen (secondary N) is 2. The van der Waals surface area contributed by atoms with Gasteiger partial charge in [-0.25, -0.2) is 26.3 Å². The molecule has 0 aromatic carbocycles. The monoisotopic (exact) mass is 466 g/mol. The molecular weight excluding hydrogens is 420 g/mol. The van der Waals surface area contributed by atoms with Crippen LogP contribution in [0.5, 0.6) is 0 Å². The van der Waals surface area contributed by atoms with Crippen molar-refractivity contribution >= 4 is 20.0 Å². The Morgan fingerprint density at radius 1 is 0.533 bits per heavy atom. The third kappa shape index (κ3) is 14.0. The SMILES string of the molecule is CCCCCCCCS(=O)(=O)NC1CCC(NS(=O)(=O)CCCCCCCC)CC1. The van der Waals surface area contributed by atoms with Gasteiger partial charge in [0.05, 0.1) is 11.5 Å². The molecule has 30 heavy (non-hydrogen) atoms. The molecule has 1 aliphatic rings.